The molecular weight excluding hydrogens is 258 g/mol. The Labute approximate surface area is 115 Å². The lowest BCUT2D eigenvalue weighted by Crippen LogP contribution is -2.26. The lowest BCUT2D eigenvalue weighted by atomic mass is 10.1. The van der Waals surface area contributed by atoms with Gasteiger partial charge in [-0.2, -0.15) is 0 Å². The van der Waals surface area contributed by atoms with E-state index >= 15 is 0 Å². The second kappa shape index (κ2) is 6.01. The summed E-state index contributed by atoms with van der Waals surface area (Å²) in [5.41, 5.74) is 1.36. The van der Waals surface area contributed by atoms with Crippen molar-refractivity contribution in [2.75, 3.05) is 18.4 Å². The summed E-state index contributed by atoms with van der Waals surface area (Å²) in [5, 5.41) is 15.7. The Balaban J connectivity index is 2.30. The minimum Gasteiger partial charge on any atom is -0.478 e. The average Bonchev–Trinajstić information content (AvgIpc) is 2.42. The first kappa shape index (κ1) is 13.8. The highest BCUT2D eigenvalue weighted by Gasteiger charge is 2.13. The molecule has 20 heavy (non-hydrogen) atoms. The summed E-state index contributed by atoms with van der Waals surface area (Å²) in [6.07, 6.45) is 1.34. The van der Waals surface area contributed by atoms with Gasteiger partial charge in [0.1, 0.15) is 5.56 Å². The van der Waals surface area contributed by atoms with Crippen LogP contribution in [0.2, 0.25) is 0 Å². The molecule has 0 radical (unpaired) electrons. The van der Waals surface area contributed by atoms with Crippen LogP contribution in [-0.4, -0.2) is 35.1 Å². The maximum absolute atomic E-state index is 11.3. The molecule has 0 spiro atoms. The Morgan fingerprint density at radius 2 is 2.00 bits per heavy atom. The molecule has 1 amide bonds. The minimum atomic E-state index is -1.04. The smallest absolute Gasteiger partial charge is 0.339 e. The number of fused-ring (bicyclic) bond motifs is 1. The summed E-state index contributed by atoms with van der Waals surface area (Å²) in [6, 6.07) is 7.31. The number of carbonyl (C=O) groups is 2. The molecule has 0 aliphatic carbocycles. The highest BCUT2D eigenvalue weighted by atomic mass is 16.4. The van der Waals surface area contributed by atoms with E-state index in [4.69, 9.17) is 0 Å². The highest BCUT2D eigenvalue weighted by molar-refractivity contribution is 6.04. The van der Waals surface area contributed by atoms with Crippen LogP contribution in [0.4, 0.5) is 5.69 Å². The number of rotatable bonds is 5. The van der Waals surface area contributed by atoms with E-state index in [0.29, 0.717) is 18.8 Å². The minimum absolute atomic E-state index is 0.117. The molecule has 2 aromatic rings. The van der Waals surface area contributed by atoms with Crippen LogP contribution in [0.3, 0.4) is 0 Å². The van der Waals surface area contributed by atoms with E-state index in [0.717, 1.165) is 10.9 Å². The first-order valence-corrected chi connectivity index (χ1v) is 6.19. The molecule has 1 heterocycles. The number of hydrogen-bond acceptors (Lipinski definition) is 4. The van der Waals surface area contributed by atoms with Gasteiger partial charge in [-0.05, 0) is 6.07 Å². The van der Waals surface area contributed by atoms with E-state index in [1.54, 1.807) is 0 Å². The van der Waals surface area contributed by atoms with Crippen molar-refractivity contribution in [3.8, 4) is 0 Å². The van der Waals surface area contributed by atoms with Gasteiger partial charge in [-0.15, -0.1) is 0 Å². The van der Waals surface area contributed by atoms with Gasteiger partial charge < -0.3 is 15.7 Å². The molecule has 2 rings (SSSR count). The Hall–Kier alpha value is -2.63. The number of carboxylic acid groups (broad SMARTS) is 1. The summed E-state index contributed by atoms with van der Waals surface area (Å²) >= 11 is 0. The molecule has 0 saturated heterocycles. The number of carboxylic acids is 1. The van der Waals surface area contributed by atoms with Crippen molar-refractivity contribution < 1.29 is 14.7 Å². The number of carbonyl (C=O) groups excluding carboxylic acids is 1. The first-order chi connectivity index (χ1) is 9.59. The third kappa shape index (κ3) is 3.03. The predicted molar refractivity (Wildman–Crippen MR) is 75.9 cm³/mol. The normalized spacial score (nSPS) is 10.2. The lowest BCUT2D eigenvalue weighted by molar-refractivity contribution is -0.118. The third-order valence-corrected chi connectivity index (χ3v) is 2.81. The van der Waals surface area contributed by atoms with E-state index in [1.165, 1.54) is 13.1 Å². The first-order valence-electron chi connectivity index (χ1n) is 6.19. The lowest BCUT2D eigenvalue weighted by Gasteiger charge is -2.12. The molecule has 6 heteroatoms. The molecule has 1 aromatic heterocycles. The van der Waals surface area contributed by atoms with Gasteiger partial charge in [0.2, 0.25) is 5.91 Å². The number of hydrogen-bond donors (Lipinski definition) is 3. The molecular formula is C14H15N3O3. The zero-order chi connectivity index (χ0) is 14.5. The molecule has 0 unspecified atom stereocenters. The van der Waals surface area contributed by atoms with Crippen molar-refractivity contribution >= 4 is 28.5 Å². The number of benzene rings is 1. The standard InChI is InChI=1S/C14H15N3O3/c1-9(18)15-6-7-16-13-10-4-2-3-5-12(10)17-8-11(13)14(19)20/h2-5,8H,6-7H2,1H3,(H,15,18)(H,16,17)(H,19,20). The molecule has 6 nitrogen and oxygen atoms in total. The quantitative estimate of drug-likeness (QED) is 0.718. The van der Waals surface area contributed by atoms with Crippen molar-refractivity contribution in [2.45, 2.75) is 6.92 Å². The van der Waals surface area contributed by atoms with Crippen molar-refractivity contribution in [1.29, 1.82) is 0 Å². The van der Waals surface area contributed by atoms with Crippen molar-refractivity contribution in [3.05, 3.63) is 36.0 Å². The summed E-state index contributed by atoms with van der Waals surface area (Å²) in [5.74, 6) is -1.16. The zero-order valence-corrected chi connectivity index (χ0v) is 11.0. The van der Waals surface area contributed by atoms with E-state index in [9.17, 15) is 14.7 Å². The van der Waals surface area contributed by atoms with Gasteiger partial charge in [0, 0.05) is 31.6 Å². The van der Waals surface area contributed by atoms with Gasteiger partial charge in [-0.25, -0.2) is 4.79 Å². The number of amides is 1. The zero-order valence-electron chi connectivity index (χ0n) is 11.0. The largest absolute Gasteiger partial charge is 0.478 e. The van der Waals surface area contributed by atoms with E-state index in [2.05, 4.69) is 15.6 Å². The number of pyridine rings is 1. The van der Waals surface area contributed by atoms with Crippen molar-refractivity contribution in [2.24, 2.45) is 0 Å². The van der Waals surface area contributed by atoms with Crippen LogP contribution >= 0.6 is 0 Å². The van der Waals surface area contributed by atoms with Crippen LogP contribution in [-0.2, 0) is 4.79 Å². The molecule has 1 aromatic carbocycles. The topological polar surface area (TPSA) is 91.3 Å². The number of aromatic nitrogens is 1. The number of nitrogens with one attached hydrogen (secondary N) is 2. The fraction of sp³-hybridized carbons (Fsp3) is 0.214. The molecule has 0 saturated carbocycles. The van der Waals surface area contributed by atoms with Crippen molar-refractivity contribution in [1.82, 2.24) is 10.3 Å². The fourth-order valence-electron chi connectivity index (χ4n) is 1.92. The Morgan fingerprint density at radius 3 is 2.70 bits per heavy atom. The van der Waals surface area contributed by atoms with Gasteiger partial charge in [-0.3, -0.25) is 9.78 Å². The Morgan fingerprint density at radius 1 is 1.25 bits per heavy atom. The summed E-state index contributed by atoms with van der Waals surface area (Å²) in [7, 11) is 0. The Bertz CT molecular complexity index is 655. The van der Waals surface area contributed by atoms with Crippen LogP contribution < -0.4 is 10.6 Å². The summed E-state index contributed by atoms with van der Waals surface area (Å²) in [4.78, 5) is 26.2. The average molecular weight is 273 g/mol. The van der Waals surface area contributed by atoms with E-state index in [1.807, 2.05) is 24.3 Å². The molecule has 0 aliphatic rings. The fourth-order valence-corrected chi connectivity index (χ4v) is 1.92. The van der Waals surface area contributed by atoms with Gasteiger partial charge >= 0.3 is 5.97 Å². The molecule has 3 N–H and O–H groups in total. The second-order valence-corrected chi connectivity index (χ2v) is 4.28. The number of anilines is 1. The van der Waals surface area contributed by atoms with Gasteiger partial charge in [0.25, 0.3) is 0 Å². The summed E-state index contributed by atoms with van der Waals surface area (Å²) in [6.45, 7) is 2.30. The molecule has 0 aliphatic heterocycles. The highest BCUT2D eigenvalue weighted by Crippen LogP contribution is 2.25. The third-order valence-electron chi connectivity index (χ3n) is 2.81. The predicted octanol–water partition coefficient (Wildman–Crippen LogP) is 1.48. The summed E-state index contributed by atoms with van der Waals surface area (Å²) < 4.78 is 0. The van der Waals surface area contributed by atoms with Crippen LogP contribution in [0.15, 0.2) is 30.5 Å². The van der Waals surface area contributed by atoms with Crippen LogP contribution in [0.25, 0.3) is 10.9 Å². The Kier molecular flexibility index (Phi) is 4.14. The van der Waals surface area contributed by atoms with E-state index in [-0.39, 0.29) is 11.5 Å². The maximum atomic E-state index is 11.3. The van der Waals surface area contributed by atoms with Crippen molar-refractivity contribution in [3.63, 3.8) is 0 Å². The molecule has 0 bridgehead atoms. The SMILES string of the molecule is CC(=O)NCCNc1c(C(=O)O)cnc2ccccc12. The van der Waals surface area contributed by atoms with Crippen LogP contribution in [0, 0.1) is 0 Å². The number of para-hydroxylation sites is 1. The molecule has 0 atom stereocenters. The molecule has 104 valence electrons. The van der Waals surface area contributed by atoms with Crippen LogP contribution in [0.5, 0.6) is 0 Å². The maximum Gasteiger partial charge on any atom is 0.339 e. The van der Waals surface area contributed by atoms with Gasteiger partial charge in [0.15, 0.2) is 0 Å². The van der Waals surface area contributed by atoms with Crippen LogP contribution in [0.1, 0.15) is 17.3 Å². The van der Waals surface area contributed by atoms with Gasteiger partial charge in [0.05, 0.1) is 11.2 Å². The number of aromatic carboxylic acids is 1. The second-order valence-electron chi connectivity index (χ2n) is 4.28. The molecule has 0 fully saturated rings. The van der Waals surface area contributed by atoms with E-state index < -0.39 is 5.97 Å². The monoisotopic (exact) mass is 273 g/mol. The van der Waals surface area contributed by atoms with Gasteiger partial charge in [-0.1, -0.05) is 18.2 Å². The number of nitrogens with zero attached hydrogens (tertiary/aromatic N) is 1.